The number of epoxide rings is 1. The highest BCUT2D eigenvalue weighted by atomic mass is 16.7. The molecule has 0 bridgehead atoms. The molecule has 0 amide bonds. The Morgan fingerprint density at radius 1 is 0.939 bits per heavy atom. The Morgan fingerprint density at radius 3 is 2.33 bits per heavy atom. The number of ether oxygens (including phenoxy) is 2. The summed E-state index contributed by atoms with van der Waals surface area (Å²) in [7, 11) is 0. The van der Waals surface area contributed by atoms with Gasteiger partial charge in [0.15, 0.2) is 6.10 Å². The highest BCUT2D eigenvalue weighted by Crippen LogP contribution is 2.80. The summed E-state index contributed by atoms with van der Waals surface area (Å²) in [6.07, 6.45) is 2.17. The van der Waals surface area contributed by atoms with Gasteiger partial charge in [-0.1, -0.05) is 34.6 Å². The first-order valence-electron chi connectivity index (χ1n) is 12.3. The summed E-state index contributed by atoms with van der Waals surface area (Å²) < 4.78 is 17.6. The number of fused-ring (bicyclic) bond motifs is 3. The van der Waals surface area contributed by atoms with E-state index in [0.717, 1.165) is 18.4 Å². The second-order valence-electron chi connectivity index (χ2n) is 12.7. The number of rotatable bonds is 1. The smallest absolute Gasteiger partial charge is 0.339 e. The minimum absolute atomic E-state index is 0.0602. The van der Waals surface area contributed by atoms with Crippen LogP contribution >= 0.6 is 0 Å². The molecule has 0 aromatic carbocycles. The Kier molecular flexibility index (Phi) is 4.17. The van der Waals surface area contributed by atoms with Gasteiger partial charge in [-0.05, 0) is 42.6 Å². The lowest BCUT2D eigenvalue weighted by atomic mass is 9.34. The molecule has 1 aromatic rings. The number of carbonyl (C=O) groups excluding carboxylic acids is 1. The number of hydrogen-bond donors (Lipinski definition) is 3. The van der Waals surface area contributed by atoms with Crippen LogP contribution in [-0.2, 0) is 14.3 Å². The normalized spacial score (nSPS) is 56.6. The molecule has 3 N–H and O–H groups in total. The first kappa shape index (κ1) is 22.1. The van der Waals surface area contributed by atoms with Crippen LogP contribution in [0.1, 0.15) is 72.0 Å². The number of aliphatic hydroxyl groups is 3. The molecule has 2 aliphatic heterocycles. The zero-order chi connectivity index (χ0) is 23.8. The Balaban J connectivity index is 1.51. The van der Waals surface area contributed by atoms with Gasteiger partial charge in [0.1, 0.15) is 11.7 Å². The van der Waals surface area contributed by atoms with E-state index in [1.807, 2.05) is 6.07 Å². The molecule has 11 atom stereocenters. The SMILES string of the molecule is CC1(C)[C@@H](O)C[C@@H](O)[C@@]2(C)[C@H]1C[C@@H](O)[C@@]1(C)[C@H]2CC[C@]2(C)[C@H](c3ccoc3)OC(=O)[C@@H]3O[C@@]312. The first-order chi connectivity index (χ1) is 15.4. The number of hydrogen-bond acceptors (Lipinski definition) is 7. The summed E-state index contributed by atoms with van der Waals surface area (Å²) >= 11 is 0. The van der Waals surface area contributed by atoms with Gasteiger partial charge in [0.2, 0.25) is 0 Å². The van der Waals surface area contributed by atoms with Crippen LogP contribution in [0.2, 0.25) is 0 Å². The predicted octanol–water partition coefficient (Wildman–Crippen LogP) is 2.98. The molecule has 0 radical (unpaired) electrons. The number of aliphatic hydroxyl groups excluding tert-OH is 3. The third-order valence-electron chi connectivity index (χ3n) is 11.4. The average molecular weight is 461 g/mol. The monoisotopic (exact) mass is 460 g/mol. The fourth-order valence-electron chi connectivity index (χ4n) is 9.48. The molecule has 1 aromatic heterocycles. The molecule has 5 fully saturated rings. The molecule has 33 heavy (non-hydrogen) atoms. The highest BCUT2D eigenvalue weighted by Gasteiger charge is 2.88. The molecule has 3 saturated carbocycles. The fraction of sp³-hybridized carbons (Fsp3) is 0.808. The summed E-state index contributed by atoms with van der Waals surface area (Å²) in [5.41, 5.74) is -2.33. The van der Waals surface area contributed by atoms with E-state index in [2.05, 4.69) is 34.6 Å². The Labute approximate surface area is 194 Å². The zero-order valence-electron chi connectivity index (χ0n) is 20.1. The number of carbonyl (C=O) groups is 1. The van der Waals surface area contributed by atoms with Gasteiger partial charge >= 0.3 is 5.97 Å². The zero-order valence-corrected chi connectivity index (χ0v) is 20.1. The molecule has 2 saturated heterocycles. The van der Waals surface area contributed by atoms with Gasteiger partial charge in [-0.25, -0.2) is 4.79 Å². The summed E-state index contributed by atoms with van der Waals surface area (Å²) in [5.74, 6) is -0.524. The third kappa shape index (κ3) is 2.20. The van der Waals surface area contributed by atoms with Crippen molar-refractivity contribution in [3.8, 4) is 0 Å². The number of cyclic esters (lactones) is 1. The van der Waals surface area contributed by atoms with Crippen molar-refractivity contribution in [3.63, 3.8) is 0 Å². The molecule has 3 heterocycles. The quantitative estimate of drug-likeness (QED) is 0.436. The van der Waals surface area contributed by atoms with Gasteiger partial charge in [0.05, 0.1) is 30.8 Å². The molecule has 6 rings (SSSR count). The largest absolute Gasteiger partial charge is 0.472 e. The van der Waals surface area contributed by atoms with E-state index in [0.29, 0.717) is 12.8 Å². The van der Waals surface area contributed by atoms with E-state index < -0.39 is 57.8 Å². The third-order valence-corrected chi connectivity index (χ3v) is 11.4. The van der Waals surface area contributed by atoms with Gasteiger partial charge < -0.3 is 29.2 Å². The Hall–Kier alpha value is -1.41. The molecule has 5 aliphatic rings. The van der Waals surface area contributed by atoms with Crippen molar-refractivity contribution < 1.29 is 34.0 Å². The predicted molar refractivity (Wildman–Crippen MR) is 117 cm³/mol. The second kappa shape index (κ2) is 6.23. The standard InChI is InChI=1S/C26H36O7/c1-22(2)15-10-18(29)25(5)14(24(15,4)17(28)11-16(22)27)6-8-23(3)19(13-7-9-31-12-13)32-21(30)20-26(23,25)33-20/h7,9,12,14-20,27-29H,6,8,10-11H2,1-5H3/t14-,15-,16-,17+,18+,19-,20-,23+,24+,25+,26+/m0/s1. The van der Waals surface area contributed by atoms with Gasteiger partial charge in [0.25, 0.3) is 0 Å². The van der Waals surface area contributed by atoms with Crippen LogP contribution < -0.4 is 0 Å². The molecule has 3 aliphatic carbocycles. The average Bonchev–Trinajstić information content (AvgIpc) is 3.32. The van der Waals surface area contributed by atoms with Gasteiger partial charge in [0, 0.05) is 28.2 Å². The molecule has 7 heteroatoms. The molecular formula is C26H36O7. The van der Waals surface area contributed by atoms with E-state index in [1.54, 1.807) is 12.5 Å². The van der Waals surface area contributed by atoms with Gasteiger partial charge in [-0.3, -0.25) is 0 Å². The fourth-order valence-corrected chi connectivity index (χ4v) is 9.48. The van der Waals surface area contributed by atoms with Crippen LogP contribution in [0.15, 0.2) is 23.0 Å². The second-order valence-corrected chi connectivity index (χ2v) is 12.7. The van der Waals surface area contributed by atoms with Crippen molar-refractivity contribution >= 4 is 5.97 Å². The molecule has 7 nitrogen and oxygen atoms in total. The maximum Gasteiger partial charge on any atom is 0.339 e. The van der Waals surface area contributed by atoms with Crippen LogP contribution in [0.5, 0.6) is 0 Å². The van der Waals surface area contributed by atoms with Crippen molar-refractivity contribution in [1.29, 1.82) is 0 Å². The van der Waals surface area contributed by atoms with Gasteiger partial charge in [-0.15, -0.1) is 0 Å². The molecule has 1 spiro atoms. The minimum Gasteiger partial charge on any atom is -0.472 e. The van der Waals surface area contributed by atoms with E-state index in [4.69, 9.17) is 13.9 Å². The minimum atomic E-state index is -0.881. The lowest BCUT2D eigenvalue weighted by Gasteiger charge is -2.71. The number of furan rings is 1. The lowest BCUT2D eigenvalue weighted by Crippen LogP contribution is -2.75. The summed E-state index contributed by atoms with van der Waals surface area (Å²) in [6.45, 7) is 10.4. The van der Waals surface area contributed by atoms with E-state index in [1.165, 1.54) is 0 Å². The Morgan fingerprint density at radius 2 is 1.67 bits per heavy atom. The van der Waals surface area contributed by atoms with Crippen molar-refractivity contribution in [1.82, 2.24) is 0 Å². The molecule has 0 unspecified atom stereocenters. The Bertz CT molecular complexity index is 989. The van der Waals surface area contributed by atoms with Crippen LogP contribution in [0.4, 0.5) is 0 Å². The summed E-state index contributed by atoms with van der Waals surface area (Å²) in [5, 5.41) is 34.1. The van der Waals surface area contributed by atoms with Crippen molar-refractivity contribution in [2.45, 2.75) is 96.4 Å². The van der Waals surface area contributed by atoms with Crippen LogP contribution in [-0.4, -0.2) is 51.3 Å². The van der Waals surface area contributed by atoms with Crippen LogP contribution in [0, 0.1) is 33.5 Å². The molecule has 182 valence electrons. The van der Waals surface area contributed by atoms with Crippen molar-refractivity contribution in [2.75, 3.05) is 0 Å². The van der Waals surface area contributed by atoms with Gasteiger partial charge in [-0.2, -0.15) is 0 Å². The van der Waals surface area contributed by atoms with Crippen molar-refractivity contribution in [3.05, 3.63) is 24.2 Å². The maximum absolute atomic E-state index is 13.1. The van der Waals surface area contributed by atoms with E-state index >= 15 is 0 Å². The molecular weight excluding hydrogens is 424 g/mol. The van der Waals surface area contributed by atoms with E-state index in [9.17, 15) is 20.1 Å². The topological polar surface area (TPSA) is 113 Å². The lowest BCUT2D eigenvalue weighted by molar-refractivity contribution is -0.293. The first-order valence-corrected chi connectivity index (χ1v) is 12.3. The van der Waals surface area contributed by atoms with Crippen LogP contribution in [0.3, 0.4) is 0 Å². The maximum atomic E-state index is 13.1. The summed E-state index contributed by atoms with van der Waals surface area (Å²) in [4.78, 5) is 13.1. The van der Waals surface area contributed by atoms with Crippen molar-refractivity contribution in [2.24, 2.45) is 33.5 Å². The summed E-state index contributed by atoms with van der Waals surface area (Å²) in [6, 6.07) is 1.83. The van der Waals surface area contributed by atoms with E-state index in [-0.39, 0.29) is 17.8 Å². The highest BCUT2D eigenvalue weighted by molar-refractivity contribution is 5.82. The van der Waals surface area contributed by atoms with Crippen LogP contribution in [0.25, 0.3) is 0 Å². The number of esters is 1.